The van der Waals surface area contributed by atoms with E-state index in [1.807, 2.05) is 19.3 Å². The minimum atomic E-state index is -0.265. The zero-order chi connectivity index (χ0) is 16.0. The highest BCUT2D eigenvalue weighted by molar-refractivity contribution is 5.82. The van der Waals surface area contributed by atoms with Crippen molar-refractivity contribution in [3.63, 3.8) is 0 Å². The number of hydrogen-bond acceptors (Lipinski definition) is 2. The molecule has 0 bridgehead atoms. The molecular formula is C18H16FN3O. The van der Waals surface area contributed by atoms with Gasteiger partial charge in [-0.25, -0.2) is 4.39 Å². The molecule has 4 rings (SSSR count). The van der Waals surface area contributed by atoms with Gasteiger partial charge in [0.25, 0.3) is 0 Å². The van der Waals surface area contributed by atoms with Crippen LogP contribution in [-0.4, -0.2) is 9.78 Å². The molecule has 0 atom stereocenters. The van der Waals surface area contributed by atoms with Gasteiger partial charge in [0.2, 0.25) is 0 Å². The normalized spacial score (nSPS) is 13.3. The van der Waals surface area contributed by atoms with Crippen molar-refractivity contribution < 1.29 is 9.12 Å². The number of fused-ring (bicyclic) bond motifs is 1. The quantitative estimate of drug-likeness (QED) is 0.539. The Morgan fingerprint density at radius 3 is 2.70 bits per heavy atom. The second-order valence-corrected chi connectivity index (χ2v) is 5.91. The van der Waals surface area contributed by atoms with Crippen molar-refractivity contribution in [2.75, 3.05) is 0 Å². The fourth-order valence-electron chi connectivity index (χ4n) is 3.35. The molecule has 0 saturated carbocycles. The molecule has 0 fully saturated rings. The lowest BCUT2D eigenvalue weighted by atomic mass is 9.97. The first-order chi connectivity index (χ1) is 11.1. The van der Waals surface area contributed by atoms with E-state index in [-0.39, 0.29) is 5.82 Å². The minimum absolute atomic E-state index is 0.265. The molecular weight excluding hydrogens is 293 g/mol. The van der Waals surface area contributed by atoms with Gasteiger partial charge in [-0.1, -0.05) is 0 Å². The third-order valence-electron chi connectivity index (χ3n) is 4.39. The van der Waals surface area contributed by atoms with Crippen LogP contribution in [0.3, 0.4) is 0 Å². The molecule has 1 aliphatic rings. The number of aryl methyl sites for hydroxylation is 1. The van der Waals surface area contributed by atoms with Gasteiger partial charge in [-0.2, -0.15) is 9.83 Å². The van der Waals surface area contributed by atoms with Crippen LogP contribution in [0.2, 0.25) is 0 Å². The average molecular weight is 309 g/mol. The van der Waals surface area contributed by atoms with Crippen LogP contribution in [0.15, 0.2) is 42.7 Å². The average Bonchev–Trinajstić information content (AvgIpc) is 3.16. The lowest BCUT2D eigenvalue weighted by Crippen LogP contribution is -2.31. The van der Waals surface area contributed by atoms with Gasteiger partial charge in [0.05, 0.1) is 0 Å². The summed E-state index contributed by atoms with van der Waals surface area (Å²) in [6.07, 6.45) is 6.26. The molecule has 0 aliphatic heterocycles. The Morgan fingerprint density at radius 1 is 1.13 bits per heavy atom. The molecule has 0 saturated heterocycles. The first kappa shape index (κ1) is 13.9. The third-order valence-corrected chi connectivity index (χ3v) is 4.39. The number of benzene rings is 1. The zero-order valence-electron chi connectivity index (χ0n) is 12.8. The van der Waals surface area contributed by atoms with Gasteiger partial charge in [-0.15, -0.1) is 0 Å². The van der Waals surface area contributed by atoms with E-state index in [0.29, 0.717) is 0 Å². The third kappa shape index (κ3) is 2.29. The van der Waals surface area contributed by atoms with Gasteiger partial charge in [0, 0.05) is 48.0 Å². The molecule has 0 unspecified atom stereocenters. The van der Waals surface area contributed by atoms with Crippen LogP contribution in [0.25, 0.3) is 22.4 Å². The summed E-state index contributed by atoms with van der Waals surface area (Å²) < 4.78 is 15.9. The van der Waals surface area contributed by atoms with E-state index in [0.717, 1.165) is 57.6 Å². The molecule has 0 N–H and O–H groups in total. The van der Waals surface area contributed by atoms with Crippen molar-refractivity contribution in [2.24, 2.45) is 7.05 Å². The van der Waals surface area contributed by atoms with E-state index in [1.165, 1.54) is 12.1 Å². The summed E-state index contributed by atoms with van der Waals surface area (Å²) in [6.45, 7) is 0. The fraction of sp³-hybridized carbons (Fsp3) is 0.222. The molecule has 2 aromatic heterocycles. The van der Waals surface area contributed by atoms with Gasteiger partial charge < -0.3 is 5.21 Å². The first-order valence-electron chi connectivity index (χ1n) is 7.67. The largest absolute Gasteiger partial charge is 0.618 e. The number of hydrogen-bond donors (Lipinski definition) is 0. The molecule has 3 aromatic rings. The van der Waals surface area contributed by atoms with Crippen molar-refractivity contribution in [1.29, 1.82) is 0 Å². The van der Waals surface area contributed by atoms with Crippen LogP contribution < -0.4 is 4.73 Å². The van der Waals surface area contributed by atoms with Crippen molar-refractivity contribution in [2.45, 2.75) is 19.3 Å². The zero-order valence-corrected chi connectivity index (χ0v) is 12.8. The SMILES string of the molecule is Cn1cc(-c2cc[n+]([O-])c3c2CCC3)c(-c2ccc(F)cc2)n1. The van der Waals surface area contributed by atoms with Crippen LogP contribution in [-0.2, 0) is 19.9 Å². The van der Waals surface area contributed by atoms with E-state index >= 15 is 0 Å². The topological polar surface area (TPSA) is 44.8 Å². The van der Waals surface area contributed by atoms with Crippen molar-refractivity contribution in [1.82, 2.24) is 9.78 Å². The molecule has 0 amide bonds. The smallest absolute Gasteiger partial charge is 0.196 e. The molecule has 116 valence electrons. The van der Waals surface area contributed by atoms with Crippen molar-refractivity contribution in [3.8, 4) is 22.4 Å². The maximum atomic E-state index is 13.2. The predicted octanol–water partition coefficient (Wildman–Crippen LogP) is 3.02. The highest BCUT2D eigenvalue weighted by Gasteiger charge is 2.25. The number of halogens is 1. The Bertz CT molecular complexity index is 884. The van der Waals surface area contributed by atoms with E-state index in [9.17, 15) is 9.60 Å². The van der Waals surface area contributed by atoms with Gasteiger partial charge in [-0.05, 0) is 37.1 Å². The van der Waals surface area contributed by atoms with Crippen LogP contribution in [0.5, 0.6) is 0 Å². The Labute approximate surface area is 133 Å². The van der Waals surface area contributed by atoms with Crippen LogP contribution >= 0.6 is 0 Å². The van der Waals surface area contributed by atoms with Crippen LogP contribution in [0, 0.1) is 11.0 Å². The highest BCUT2D eigenvalue weighted by Crippen LogP contribution is 2.36. The minimum Gasteiger partial charge on any atom is -0.618 e. The fourth-order valence-corrected chi connectivity index (χ4v) is 3.35. The monoisotopic (exact) mass is 309 g/mol. The number of aromatic nitrogens is 3. The standard InChI is InChI=1S/C18H16FN3O/c1-21-11-16(18(20-21)12-5-7-13(19)8-6-12)14-9-10-22(23)17-4-2-3-15(14)17/h5-11H,2-4H2,1H3. The lowest BCUT2D eigenvalue weighted by Gasteiger charge is -2.09. The second-order valence-electron chi connectivity index (χ2n) is 5.91. The predicted molar refractivity (Wildman–Crippen MR) is 85.0 cm³/mol. The second kappa shape index (κ2) is 5.19. The van der Waals surface area contributed by atoms with Gasteiger partial charge in [0.15, 0.2) is 11.9 Å². The molecule has 0 radical (unpaired) electrons. The first-order valence-corrected chi connectivity index (χ1v) is 7.67. The van der Waals surface area contributed by atoms with E-state index in [2.05, 4.69) is 5.10 Å². The van der Waals surface area contributed by atoms with Gasteiger partial charge in [0.1, 0.15) is 11.5 Å². The number of nitrogens with zero attached hydrogens (tertiary/aromatic N) is 3. The Kier molecular flexibility index (Phi) is 3.15. The molecule has 23 heavy (non-hydrogen) atoms. The summed E-state index contributed by atoms with van der Waals surface area (Å²) in [7, 11) is 1.87. The lowest BCUT2D eigenvalue weighted by molar-refractivity contribution is -0.613. The Morgan fingerprint density at radius 2 is 1.91 bits per heavy atom. The van der Waals surface area contributed by atoms with Crippen LogP contribution in [0.4, 0.5) is 4.39 Å². The molecule has 2 heterocycles. The van der Waals surface area contributed by atoms with Crippen molar-refractivity contribution in [3.05, 3.63) is 65.0 Å². The molecule has 5 heteroatoms. The summed E-state index contributed by atoms with van der Waals surface area (Å²) in [6, 6.07) is 8.21. The maximum Gasteiger partial charge on any atom is 0.196 e. The summed E-state index contributed by atoms with van der Waals surface area (Å²) in [5, 5.41) is 16.5. The molecule has 1 aromatic carbocycles. The summed E-state index contributed by atoms with van der Waals surface area (Å²) >= 11 is 0. The Balaban J connectivity index is 1.91. The Hall–Kier alpha value is -2.69. The van der Waals surface area contributed by atoms with Gasteiger partial charge >= 0.3 is 0 Å². The molecule has 0 spiro atoms. The van der Waals surface area contributed by atoms with Crippen LogP contribution in [0.1, 0.15) is 17.7 Å². The summed E-state index contributed by atoms with van der Waals surface area (Å²) in [4.78, 5) is 0. The summed E-state index contributed by atoms with van der Waals surface area (Å²) in [5.74, 6) is -0.265. The molecule has 1 aliphatic carbocycles. The number of pyridine rings is 1. The van der Waals surface area contributed by atoms with Crippen molar-refractivity contribution >= 4 is 0 Å². The van der Waals surface area contributed by atoms with E-state index < -0.39 is 0 Å². The van der Waals surface area contributed by atoms with E-state index in [4.69, 9.17) is 0 Å². The molecule has 4 nitrogen and oxygen atoms in total. The summed E-state index contributed by atoms with van der Waals surface area (Å²) in [5.41, 5.74) is 5.68. The van der Waals surface area contributed by atoms with E-state index in [1.54, 1.807) is 23.0 Å². The highest BCUT2D eigenvalue weighted by atomic mass is 19.1. The maximum absolute atomic E-state index is 13.2. The van der Waals surface area contributed by atoms with Gasteiger partial charge in [-0.3, -0.25) is 4.68 Å². The number of rotatable bonds is 2.